The number of aliphatic imine (C=N–C) groups is 1. The summed E-state index contributed by atoms with van der Waals surface area (Å²) in [5.74, 6) is -0.772. The maximum atomic E-state index is 13.0. The first kappa shape index (κ1) is 21.9. The molecule has 0 aromatic heterocycles. The predicted octanol–water partition coefficient (Wildman–Crippen LogP) is 0.458. The van der Waals surface area contributed by atoms with Gasteiger partial charge >= 0.3 is 0 Å². The lowest BCUT2D eigenvalue weighted by molar-refractivity contribution is -0.121. The minimum Gasteiger partial charge on any atom is -0.369 e. The smallest absolute Gasteiger partial charge is 0.222 e. The van der Waals surface area contributed by atoms with E-state index in [1.807, 2.05) is 6.92 Å². The summed E-state index contributed by atoms with van der Waals surface area (Å²) in [5.41, 5.74) is 6.27. The molecule has 1 rings (SSSR count). The van der Waals surface area contributed by atoms with Crippen LogP contribution in [0, 0.1) is 11.7 Å². The van der Waals surface area contributed by atoms with E-state index in [0.29, 0.717) is 18.8 Å². The molecule has 0 aliphatic heterocycles. The van der Waals surface area contributed by atoms with Crippen LogP contribution in [0.3, 0.4) is 0 Å². The zero-order chi connectivity index (χ0) is 19.7. The van der Waals surface area contributed by atoms with Crippen LogP contribution < -0.4 is 16.4 Å². The lowest BCUT2D eigenvalue weighted by atomic mass is 9.98. The Kier molecular flexibility index (Phi) is 8.50. The van der Waals surface area contributed by atoms with Crippen LogP contribution in [0.15, 0.2) is 29.3 Å². The number of guanidine groups is 1. The van der Waals surface area contributed by atoms with Crippen molar-refractivity contribution in [1.82, 2.24) is 10.6 Å². The van der Waals surface area contributed by atoms with Gasteiger partial charge in [0.15, 0.2) is 5.96 Å². The van der Waals surface area contributed by atoms with E-state index in [2.05, 4.69) is 15.6 Å². The molecule has 0 saturated heterocycles. The first-order valence-electron chi connectivity index (χ1n) is 8.29. The number of primary amides is 1. The number of amides is 1. The van der Waals surface area contributed by atoms with E-state index in [0.717, 1.165) is 5.56 Å². The molecule has 0 radical (unpaired) electrons. The molecule has 0 spiro atoms. The van der Waals surface area contributed by atoms with Crippen LogP contribution in [0.1, 0.15) is 18.9 Å². The highest BCUT2D eigenvalue weighted by Crippen LogP contribution is 2.09. The summed E-state index contributed by atoms with van der Waals surface area (Å²) in [6.07, 6.45) is 2.01. The van der Waals surface area contributed by atoms with E-state index in [-0.39, 0.29) is 24.2 Å². The van der Waals surface area contributed by atoms with Gasteiger partial charge in [0.25, 0.3) is 0 Å². The molecule has 1 aromatic carbocycles. The Morgan fingerprint density at radius 3 is 2.42 bits per heavy atom. The third kappa shape index (κ3) is 8.80. The van der Waals surface area contributed by atoms with Crippen molar-refractivity contribution < 1.29 is 17.6 Å². The second-order valence-electron chi connectivity index (χ2n) is 6.35. The van der Waals surface area contributed by atoms with Gasteiger partial charge in [0.05, 0.1) is 11.7 Å². The number of carbonyl (C=O) groups is 1. The molecule has 0 heterocycles. The largest absolute Gasteiger partial charge is 0.369 e. The number of rotatable bonds is 9. The summed E-state index contributed by atoms with van der Waals surface area (Å²) in [6, 6.07) is 5.80. The standard InChI is InChI=1S/C17H27FN4O3S/c1-12(8-9-26(3,24)25)22-17(20-2)21-11-14(16(19)23)10-13-4-6-15(18)7-5-13/h4-7,12,14H,8-11H2,1-3H3,(H2,19,23)(H2,20,21,22). The van der Waals surface area contributed by atoms with Gasteiger partial charge in [0, 0.05) is 25.9 Å². The van der Waals surface area contributed by atoms with Crippen molar-refractivity contribution in [2.75, 3.05) is 25.6 Å². The highest BCUT2D eigenvalue weighted by molar-refractivity contribution is 7.90. The molecule has 0 aliphatic carbocycles. The fraction of sp³-hybridized carbons (Fsp3) is 0.529. The quantitative estimate of drug-likeness (QED) is 0.421. The van der Waals surface area contributed by atoms with Crippen LogP contribution in [0.2, 0.25) is 0 Å². The number of nitrogens with one attached hydrogen (secondary N) is 2. The van der Waals surface area contributed by atoms with Gasteiger partial charge in [-0.2, -0.15) is 0 Å². The van der Waals surface area contributed by atoms with E-state index in [4.69, 9.17) is 5.73 Å². The van der Waals surface area contributed by atoms with Gasteiger partial charge in [-0.3, -0.25) is 9.79 Å². The van der Waals surface area contributed by atoms with Gasteiger partial charge in [-0.05, 0) is 37.5 Å². The van der Waals surface area contributed by atoms with Crippen LogP contribution in [-0.2, 0) is 21.1 Å². The molecule has 0 fully saturated rings. The van der Waals surface area contributed by atoms with Crippen LogP contribution >= 0.6 is 0 Å². The fourth-order valence-electron chi connectivity index (χ4n) is 2.29. The third-order valence-corrected chi connectivity index (χ3v) is 4.82. The zero-order valence-electron chi connectivity index (χ0n) is 15.3. The van der Waals surface area contributed by atoms with Gasteiger partial charge in [0.1, 0.15) is 15.7 Å². The Morgan fingerprint density at radius 1 is 1.31 bits per heavy atom. The lowest BCUT2D eigenvalue weighted by Crippen LogP contribution is -2.46. The topological polar surface area (TPSA) is 114 Å². The van der Waals surface area contributed by atoms with Gasteiger partial charge in [-0.15, -0.1) is 0 Å². The molecule has 0 saturated carbocycles. The highest BCUT2D eigenvalue weighted by Gasteiger charge is 2.17. The minimum atomic E-state index is -3.02. The van der Waals surface area contributed by atoms with Crippen molar-refractivity contribution in [3.05, 3.63) is 35.6 Å². The van der Waals surface area contributed by atoms with Gasteiger partial charge in [-0.1, -0.05) is 12.1 Å². The molecule has 2 atom stereocenters. The second kappa shape index (κ2) is 10.1. The van der Waals surface area contributed by atoms with Gasteiger partial charge in [-0.25, -0.2) is 12.8 Å². The number of carbonyl (C=O) groups excluding carboxylic acids is 1. The first-order valence-corrected chi connectivity index (χ1v) is 10.4. The SMILES string of the molecule is CN=C(NCC(Cc1ccc(F)cc1)C(N)=O)NC(C)CCS(C)(=O)=O. The normalized spacial score (nSPS) is 14.5. The number of nitrogens with two attached hydrogens (primary N) is 1. The second-order valence-corrected chi connectivity index (χ2v) is 8.61. The Morgan fingerprint density at radius 2 is 1.92 bits per heavy atom. The Balaban J connectivity index is 2.57. The highest BCUT2D eigenvalue weighted by atomic mass is 32.2. The van der Waals surface area contributed by atoms with Crippen molar-refractivity contribution in [2.45, 2.75) is 25.8 Å². The molecule has 4 N–H and O–H groups in total. The predicted molar refractivity (Wildman–Crippen MR) is 101 cm³/mol. The Hall–Kier alpha value is -2.16. The summed E-state index contributed by atoms with van der Waals surface area (Å²) >= 11 is 0. The molecule has 9 heteroatoms. The summed E-state index contributed by atoms with van der Waals surface area (Å²) in [7, 11) is -1.44. The number of hydrogen-bond acceptors (Lipinski definition) is 4. The molecule has 0 aliphatic rings. The molecule has 1 aromatic rings. The molecule has 1 amide bonds. The first-order chi connectivity index (χ1) is 12.1. The third-order valence-electron chi connectivity index (χ3n) is 3.84. The molecule has 0 bridgehead atoms. The van der Waals surface area contributed by atoms with Gasteiger partial charge in [0.2, 0.25) is 5.91 Å². The van der Waals surface area contributed by atoms with Crippen molar-refractivity contribution in [2.24, 2.45) is 16.6 Å². The van der Waals surface area contributed by atoms with Crippen LogP contribution in [0.5, 0.6) is 0 Å². The van der Waals surface area contributed by atoms with Crippen LogP contribution in [0.4, 0.5) is 4.39 Å². The van der Waals surface area contributed by atoms with Crippen LogP contribution in [-0.4, -0.2) is 51.9 Å². The maximum Gasteiger partial charge on any atom is 0.222 e. The molecular weight excluding hydrogens is 359 g/mol. The Bertz CT molecular complexity index is 720. The average Bonchev–Trinajstić information content (AvgIpc) is 2.56. The summed E-state index contributed by atoms with van der Waals surface area (Å²) in [5, 5.41) is 6.10. The monoisotopic (exact) mass is 386 g/mol. The van der Waals surface area contributed by atoms with E-state index >= 15 is 0 Å². The van der Waals surface area contributed by atoms with Gasteiger partial charge < -0.3 is 16.4 Å². The molecule has 7 nitrogen and oxygen atoms in total. The number of hydrogen-bond donors (Lipinski definition) is 3. The van der Waals surface area contributed by atoms with E-state index < -0.39 is 21.7 Å². The lowest BCUT2D eigenvalue weighted by Gasteiger charge is -2.20. The van der Waals surface area contributed by atoms with Crippen molar-refractivity contribution in [3.63, 3.8) is 0 Å². The number of benzene rings is 1. The molecular formula is C17H27FN4O3S. The summed E-state index contributed by atoms with van der Waals surface area (Å²) in [4.78, 5) is 15.8. The molecule has 2 unspecified atom stereocenters. The number of sulfone groups is 1. The zero-order valence-corrected chi connectivity index (χ0v) is 16.1. The van der Waals surface area contributed by atoms with E-state index in [9.17, 15) is 17.6 Å². The number of nitrogens with zero attached hydrogens (tertiary/aromatic N) is 1. The average molecular weight is 386 g/mol. The van der Waals surface area contributed by atoms with Crippen molar-refractivity contribution in [1.29, 1.82) is 0 Å². The minimum absolute atomic E-state index is 0.0760. The van der Waals surface area contributed by atoms with E-state index in [1.54, 1.807) is 19.2 Å². The maximum absolute atomic E-state index is 13.0. The fourth-order valence-corrected chi connectivity index (χ4v) is 3.07. The summed E-state index contributed by atoms with van der Waals surface area (Å²) in [6.45, 7) is 2.10. The molecule has 26 heavy (non-hydrogen) atoms. The van der Waals surface area contributed by atoms with E-state index in [1.165, 1.54) is 18.4 Å². The summed E-state index contributed by atoms with van der Waals surface area (Å²) < 4.78 is 35.4. The van der Waals surface area contributed by atoms with Crippen molar-refractivity contribution in [3.8, 4) is 0 Å². The molecule has 146 valence electrons. The Labute approximate surface area is 154 Å². The van der Waals surface area contributed by atoms with Crippen molar-refractivity contribution >= 4 is 21.7 Å². The van der Waals surface area contributed by atoms with Crippen LogP contribution in [0.25, 0.3) is 0 Å². The number of halogens is 1.